The van der Waals surface area contributed by atoms with Crippen molar-refractivity contribution >= 4 is 0 Å². The second-order valence-electron chi connectivity index (χ2n) is 5.23. The Morgan fingerprint density at radius 3 is 2.95 bits per heavy atom. The average Bonchev–Trinajstić information content (AvgIpc) is 2.97. The molecule has 1 unspecified atom stereocenters. The Morgan fingerprint density at radius 1 is 1.53 bits per heavy atom. The quantitative estimate of drug-likeness (QED) is 0.813. The third kappa shape index (κ3) is 2.51. The molecule has 1 atom stereocenters. The molecule has 1 aliphatic carbocycles. The number of aromatic nitrogens is 5. The van der Waals surface area contributed by atoms with Crippen LogP contribution in [0.25, 0.3) is 0 Å². The zero-order valence-corrected chi connectivity index (χ0v) is 11.4. The Bertz CT molecular complexity index is 558. The Labute approximate surface area is 111 Å². The van der Waals surface area contributed by atoms with E-state index in [2.05, 4.69) is 32.5 Å². The summed E-state index contributed by atoms with van der Waals surface area (Å²) in [5.41, 5.74) is 0.928. The van der Waals surface area contributed by atoms with Gasteiger partial charge in [-0.25, -0.2) is 4.68 Å². The van der Waals surface area contributed by atoms with Crippen LogP contribution in [-0.4, -0.2) is 37.3 Å². The van der Waals surface area contributed by atoms with E-state index in [-0.39, 0.29) is 6.04 Å². The number of tetrazole rings is 1. The van der Waals surface area contributed by atoms with Crippen LogP contribution in [0.1, 0.15) is 49.1 Å². The molecule has 1 fully saturated rings. The Morgan fingerprint density at radius 2 is 2.32 bits per heavy atom. The average molecular weight is 262 g/mol. The molecule has 2 aromatic heterocycles. The van der Waals surface area contributed by atoms with Crippen molar-refractivity contribution in [3.05, 3.63) is 23.3 Å². The van der Waals surface area contributed by atoms with Crippen LogP contribution >= 0.6 is 0 Å². The summed E-state index contributed by atoms with van der Waals surface area (Å²) >= 11 is 0. The van der Waals surface area contributed by atoms with Crippen molar-refractivity contribution in [3.63, 3.8) is 0 Å². The van der Waals surface area contributed by atoms with Crippen molar-refractivity contribution in [3.8, 4) is 0 Å². The highest BCUT2D eigenvalue weighted by atomic mass is 16.5. The first-order valence-corrected chi connectivity index (χ1v) is 6.55. The van der Waals surface area contributed by atoms with E-state index in [9.17, 15) is 0 Å². The lowest BCUT2D eigenvalue weighted by atomic mass is 10.2. The second-order valence-corrected chi connectivity index (χ2v) is 5.23. The van der Waals surface area contributed by atoms with E-state index in [0.29, 0.717) is 6.04 Å². The minimum absolute atomic E-state index is 0.146. The standard InChI is InChI=1S/C12H18N6O/c1-8-6-10(14-19-8)7-17(3)9(2)12-13-15-16-18(12)11-4-5-11/h6,9,11H,4-5,7H2,1-3H3. The van der Waals surface area contributed by atoms with E-state index in [1.54, 1.807) is 0 Å². The van der Waals surface area contributed by atoms with Crippen LogP contribution in [0, 0.1) is 6.92 Å². The van der Waals surface area contributed by atoms with Gasteiger partial charge in [-0.1, -0.05) is 5.16 Å². The zero-order chi connectivity index (χ0) is 13.4. The van der Waals surface area contributed by atoms with Gasteiger partial charge < -0.3 is 4.52 Å². The van der Waals surface area contributed by atoms with E-state index in [1.807, 2.05) is 24.7 Å². The van der Waals surface area contributed by atoms with Crippen molar-refractivity contribution in [1.82, 2.24) is 30.3 Å². The Kier molecular flexibility index (Phi) is 3.06. The zero-order valence-electron chi connectivity index (χ0n) is 11.4. The fourth-order valence-electron chi connectivity index (χ4n) is 2.14. The lowest BCUT2D eigenvalue weighted by Crippen LogP contribution is -2.25. The van der Waals surface area contributed by atoms with Crippen LogP contribution in [0.5, 0.6) is 0 Å². The van der Waals surface area contributed by atoms with Gasteiger partial charge in [0.15, 0.2) is 5.82 Å². The molecule has 1 aliphatic rings. The van der Waals surface area contributed by atoms with Gasteiger partial charge in [-0.15, -0.1) is 5.10 Å². The summed E-state index contributed by atoms with van der Waals surface area (Å²) in [7, 11) is 2.04. The van der Waals surface area contributed by atoms with E-state index in [0.717, 1.165) is 23.8 Å². The van der Waals surface area contributed by atoms with Gasteiger partial charge in [0.2, 0.25) is 0 Å². The molecule has 0 aromatic carbocycles. The van der Waals surface area contributed by atoms with Gasteiger partial charge in [-0.05, 0) is 44.2 Å². The first-order valence-electron chi connectivity index (χ1n) is 6.55. The molecule has 2 heterocycles. The largest absolute Gasteiger partial charge is 0.361 e. The lowest BCUT2D eigenvalue weighted by molar-refractivity contribution is 0.229. The molecule has 2 aromatic rings. The van der Waals surface area contributed by atoms with Crippen molar-refractivity contribution in [2.75, 3.05) is 7.05 Å². The van der Waals surface area contributed by atoms with Crippen LogP contribution in [-0.2, 0) is 6.54 Å². The maximum Gasteiger partial charge on any atom is 0.168 e. The minimum Gasteiger partial charge on any atom is -0.361 e. The summed E-state index contributed by atoms with van der Waals surface area (Å²) in [6.07, 6.45) is 2.36. The summed E-state index contributed by atoms with van der Waals surface area (Å²) in [5.74, 6) is 1.75. The predicted octanol–water partition coefficient (Wildman–Crippen LogP) is 1.50. The van der Waals surface area contributed by atoms with Crippen LogP contribution < -0.4 is 0 Å². The number of nitrogens with zero attached hydrogens (tertiary/aromatic N) is 6. The van der Waals surface area contributed by atoms with Gasteiger partial charge in [0.05, 0.1) is 17.8 Å². The van der Waals surface area contributed by atoms with E-state index >= 15 is 0 Å². The molecule has 0 spiro atoms. The summed E-state index contributed by atoms with van der Waals surface area (Å²) in [6.45, 7) is 4.72. The Hall–Kier alpha value is -1.76. The summed E-state index contributed by atoms with van der Waals surface area (Å²) in [5, 5.41) is 16.1. The van der Waals surface area contributed by atoms with Gasteiger partial charge in [-0.2, -0.15) is 0 Å². The lowest BCUT2D eigenvalue weighted by Gasteiger charge is -2.22. The summed E-state index contributed by atoms with van der Waals surface area (Å²) in [4.78, 5) is 2.17. The molecule has 1 saturated carbocycles. The molecule has 0 radical (unpaired) electrons. The molecule has 0 bridgehead atoms. The van der Waals surface area contributed by atoms with E-state index < -0.39 is 0 Å². The molecule has 7 nitrogen and oxygen atoms in total. The fourth-order valence-corrected chi connectivity index (χ4v) is 2.14. The smallest absolute Gasteiger partial charge is 0.168 e. The third-order valence-electron chi connectivity index (χ3n) is 3.53. The van der Waals surface area contributed by atoms with Crippen LogP contribution in [0.15, 0.2) is 10.6 Å². The fraction of sp³-hybridized carbons (Fsp3) is 0.667. The van der Waals surface area contributed by atoms with Gasteiger partial charge in [-0.3, -0.25) is 4.90 Å². The molecular formula is C12H18N6O. The van der Waals surface area contributed by atoms with Crippen molar-refractivity contribution in [1.29, 1.82) is 0 Å². The monoisotopic (exact) mass is 262 g/mol. The molecule has 7 heteroatoms. The molecule has 0 saturated heterocycles. The normalized spacial score (nSPS) is 17.1. The summed E-state index contributed by atoms with van der Waals surface area (Å²) in [6, 6.07) is 2.59. The highest BCUT2D eigenvalue weighted by molar-refractivity contribution is 5.04. The van der Waals surface area contributed by atoms with Gasteiger partial charge >= 0.3 is 0 Å². The van der Waals surface area contributed by atoms with E-state index in [4.69, 9.17) is 4.52 Å². The number of hydrogen-bond donors (Lipinski definition) is 0. The Balaban J connectivity index is 1.71. The molecular weight excluding hydrogens is 244 g/mol. The van der Waals surface area contributed by atoms with Gasteiger partial charge in [0.1, 0.15) is 5.76 Å². The van der Waals surface area contributed by atoms with Crippen molar-refractivity contribution in [2.24, 2.45) is 0 Å². The molecule has 0 amide bonds. The van der Waals surface area contributed by atoms with Crippen molar-refractivity contribution < 1.29 is 4.52 Å². The first kappa shape index (κ1) is 12.3. The van der Waals surface area contributed by atoms with Crippen molar-refractivity contribution in [2.45, 2.75) is 45.3 Å². The maximum absolute atomic E-state index is 5.09. The second kappa shape index (κ2) is 4.73. The third-order valence-corrected chi connectivity index (χ3v) is 3.53. The highest BCUT2D eigenvalue weighted by Gasteiger charge is 2.30. The molecule has 0 N–H and O–H groups in total. The summed E-state index contributed by atoms with van der Waals surface area (Å²) < 4.78 is 7.04. The molecule has 102 valence electrons. The molecule has 0 aliphatic heterocycles. The SMILES string of the molecule is Cc1cc(CN(C)C(C)c2nnnn2C2CC2)no1. The number of rotatable bonds is 5. The topological polar surface area (TPSA) is 72.9 Å². The van der Waals surface area contributed by atoms with Gasteiger partial charge in [0, 0.05) is 12.6 Å². The minimum atomic E-state index is 0.146. The maximum atomic E-state index is 5.09. The van der Waals surface area contributed by atoms with E-state index in [1.165, 1.54) is 12.8 Å². The molecule has 19 heavy (non-hydrogen) atoms. The molecule has 3 rings (SSSR count). The van der Waals surface area contributed by atoms with Crippen LogP contribution in [0.4, 0.5) is 0 Å². The number of hydrogen-bond acceptors (Lipinski definition) is 6. The highest BCUT2D eigenvalue weighted by Crippen LogP contribution is 2.36. The van der Waals surface area contributed by atoms with Gasteiger partial charge in [0.25, 0.3) is 0 Å². The predicted molar refractivity (Wildman–Crippen MR) is 67.2 cm³/mol. The number of aryl methyl sites for hydroxylation is 1. The van der Waals surface area contributed by atoms with Crippen LogP contribution in [0.3, 0.4) is 0 Å². The first-order chi connectivity index (χ1) is 9.15. The van der Waals surface area contributed by atoms with Crippen LogP contribution in [0.2, 0.25) is 0 Å².